The first-order valence-electron chi connectivity index (χ1n) is 6.90. The number of carboxylic acids is 1. The van der Waals surface area contributed by atoms with Crippen LogP contribution in [0.25, 0.3) is 10.9 Å². The molecule has 0 fully saturated rings. The summed E-state index contributed by atoms with van der Waals surface area (Å²) in [6.07, 6.45) is -0.496. The van der Waals surface area contributed by atoms with Crippen molar-refractivity contribution in [2.75, 3.05) is 5.32 Å². The molecular formula is C16H11ClFN3O3. The Hall–Kier alpha value is -2.93. The molecule has 0 aliphatic carbocycles. The number of para-hydroxylation sites is 1. The predicted octanol–water partition coefficient (Wildman–Crippen LogP) is 3.23. The maximum Gasteiger partial charge on any atom is 0.307 e. The average molecular weight is 348 g/mol. The summed E-state index contributed by atoms with van der Waals surface area (Å²) in [6, 6.07) is 9.24. The highest BCUT2D eigenvalue weighted by Crippen LogP contribution is 2.27. The van der Waals surface area contributed by atoms with Gasteiger partial charge in [-0.3, -0.25) is 14.7 Å². The summed E-state index contributed by atoms with van der Waals surface area (Å²) < 4.78 is 13.9. The highest BCUT2D eigenvalue weighted by Gasteiger charge is 2.17. The molecule has 24 heavy (non-hydrogen) atoms. The lowest BCUT2D eigenvalue weighted by atomic mass is 10.1. The molecule has 8 heteroatoms. The molecule has 0 saturated carbocycles. The minimum Gasteiger partial charge on any atom is -0.481 e. The van der Waals surface area contributed by atoms with E-state index in [1.54, 1.807) is 24.3 Å². The Kier molecular flexibility index (Phi) is 4.18. The van der Waals surface area contributed by atoms with Crippen molar-refractivity contribution in [3.05, 3.63) is 58.5 Å². The molecular weight excluding hydrogens is 337 g/mol. The zero-order chi connectivity index (χ0) is 17.3. The Morgan fingerprint density at radius 1 is 1.29 bits per heavy atom. The van der Waals surface area contributed by atoms with Crippen LogP contribution in [0, 0.1) is 5.82 Å². The van der Waals surface area contributed by atoms with Crippen LogP contribution in [0.4, 0.5) is 10.1 Å². The van der Waals surface area contributed by atoms with Crippen molar-refractivity contribution in [1.82, 2.24) is 10.2 Å². The second-order valence-corrected chi connectivity index (χ2v) is 5.47. The minimum absolute atomic E-state index is 0.0420. The van der Waals surface area contributed by atoms with Gasteiger partial charge in [-0.2, -0.15) is 5.10 Å². The number of carbonyl (C=O) groups excluding carboxylic acids is 1. The van der Waals surface area contributed by atoms with Gasteiger partial charge in [-0.1, -0.05) is 29.8 Å². The van der Waals surface area contributed by atoms with Crippen LogP contribution in [-0.2, 0) is 11.2 Å². The Labute approximate surface area is 140 Å². The van der Waals surface area contributed by atoms with Crippen LogP contribution in [0.3, 0.4) is 0 Å². The molecule has 1 amide bonds. The largest absolute Gasteiger partial charge is 0.481 e. The molecule has 1 aromatic heterocycles. The van der Waals surface area contributed by atoms with Gasteiger partial charge in [-0.05, 0) is 18.2 Å². The Balaban J connectivity index is 1.89. The molecule has 0 atom stereocenters. The Morgan fingerprint density at radius 2 is 2.04 bits per heavy atom. The predicted molar refractivity (Wildman–Crippen MR) is 86.8 cm³/mol. The third-order valence-electron chi connectivity index (χ3n) is 3.41. The van der Waals surface area contributed by atoms with E-state index in [0.717, 1.165) is 6.07 Å². The molecule has 0 aliphatic heterocycles. The molecule has 3 rings (SSSR count). The van der Waals surface area contributed by atoms with Crippen molar-refractivity contribution in [2.24, 2.45) is 0 Å². The van der Waals surface area contributed by atoms with E-state index in [1.807, 2.05) is 0 Å². The summed E-state index contributed by atoms with van der Waals surface area (Å²) in [5.74, 6) is -2.49. The number of carbonyl (C=O) groups is 2. The molecule has 0 aliphatic rings. The van der Waals surface area contributed by atoms with Crippen LogP contribution in [0.15, 0.2) is 36.4 Å². The van der Waals surface area contributed by atoms with E-state index in [2.05, 4.69) is 15.5 Å². The van der Waals surface area contributed by atoms with Crippen molar-refractivity contribution in [2.45, 2.75) is 6.42 Å². The van der Waals surface area contributed by atoms with Crippen molar-refractivity contribution < 1.29 is 19.1 Å². The second kappa shape index (κ2) is 6.29. The summed E-state index contributed by atoms with van der Waals surface area (Å²) in [5, 5.41) is 18.6. The van der Waals surface area contributed by atoms with Crippen molar-refractivity contribution >= 4 is 40.1 Å². The molecule has 3 aromatic rings. The zero-order valence-electron chi connectivity index (χ0n) is 12.1. The first kappa shape index (κ1) is 15.9. The number of hydrogen-bond donors (Lipinski definition) is 3. The van der Waals surface area contributed by atoms with Crippen LogP contribution in [0.1, 0.15) is 16.1 Å². The SMILES string of the molecule is O=C(O)Cc1cc(Cl)c(NC(=O)c2n[nH]c3ccccc23)cc1F. The lowest BCUT2D eigenvalue weighted by Gasteiger charge is -2.09. The fourth-order valence-corrected chi connectivity index (χ4v) is 2.53. The summed E-state index contributed by atoms with van der Waals surface area (Å²) in [4.78, 5) is 23.0. The van der Waals surface area contributed by atoms with E-state index < -0.39 is 24.1 Å². The zero-order valence-corrected chi connectivity index (χ0v) is 12.9. The maximum atomic E-state index is 13.9. The van der Waals surface area contributed by atoms with Gasteiger partial charge < -0.3 is 10.4 Å². The topological polar surface area (TPSA) is 95.1 Å². The van der Waals surface area contributed by atoms with Crippen molar-refractivity contribution in [3.8, 4) is 0 Å². The molecule has 1 heterocycles. The van der Waals surface area contributed by atoms with E-state index >= 15 is 0 Å². The van der Waals surface area contributed by atoms with Gasteiger partial charge in [-0.25, -0.2) is 4.39 Å². The van der Waals surface area contributed by atoms with Crippen LogP contribution in [0.5, 0.6) is 0 Å². The van der Waals surface area contributed by atoms with E-state index in [4.69, 9.17) is 16.7 Å². The molecule has 3 N–H and O–H groups in total. The monoisotopic (exact) mass is 347 g/mol. The highest BCUT2D eigenvalue weighted by molar-refractivity contribution is 6.34. The molecule has 0 unspecified atom stereocenters. The molecule has 6 nitrogen and oxygen atoms in total. The van der Waals surface area contributed by atoms with E-state index in [1.165, 1.54) is 6.07 Å². The minimum atomic E-state index is -1.18. The number of benzene rings is 2. The third kappa shape index (κ3) is 3.07. The van der Waals surface area contributed by atoms with Crippen molar-refractivity contribution in [3.63, 3.8) is 0 Å². The first-order valence-corrected chi connectivity index (χ1v) is 7.27. The third-order valence-corrected chi connectivity index (χ3v) is 3.72. The van der Waals surface area contributed by atoms with Crippen LogP contribution in [-0.4, -0.2) is 27.2 Å². The number of carboxylic acid groups (broad SMARTS) is 1. The number of fused-ring (bicyclic) bond motifs is 1. The number of nitrogens with one attached hydrogen (secondary N) is 2. The number of H-pyrrole nitrogens is 1. The summed E-state index contributed by atoms with van der Waals surface area (Å²) in [6.45, 7) is 0. The maximum absolute atomic E-state index is 13.9. The molecule has 122 valence electrons. The Bertz CT molecular complexity index is 955. The fraction of sp³-hybridized carbons (Fsp3) is 0.0625. The van der Waals surface area contributed by atoms with Gasteiger partial charge in [-0.15, -0.1) is 0 Å². The summed E-state index contributed by atoms with van der Waals surface area (Å²) >= 11 is 6.01. The van der Waals surface area contributed by atoms with Gasteiger partial charge in [0, 0.05) is 10.9 Å². The molecule has 0 bridgehead atoms. The number of hydrogen-bond acceptors (Lipinski definition) is 3. The van der Waals surface area contributed by atoms with Crippen LogP contribution < -0.4 is 5.32 Å². The second-order valence-electron chi connectivity index (χ2n) is 5.07. The molecule has 0 radical (unpaired) electrons. The standard InChI is InChI=1S/C16H11ClFN3O3/c17-10-5-8(6-14(22)23)11(18)7-13(10)19-16(24)15-9-3-1-2-4-12(9)20-21-15/h1-5,7H,6H2,(H,19,24)(H,20,21)(H,22,23). The number of nitrogens with zero attached hydrogens (tertiary/aromatic N) is 1. The van der Waals surface area contributed by atoms with Gasteiger partial charge in [0.2, 0.25) is 0 Å². The number of aromatic nitrogens is 2. The van der Waals surface area contributed by atoms with Gasteiger partial charge >= 0.3 is 5.97 Å². The highest BCUT2D eigenvalue weighted by atomic mass is 35.5. The number of aliphatic carboxylic acids is 1. The first-order chi connectivity index (χ1) is 11.5. The van der Waals surface area contributed by atoms with Gasteiger partial charge in [0.25, 0.3) is 5.91 Å². The quantitative estimate of drug-likeness (QED) is 0.675. The van der Waals surface area contributed by atoms with Crippen molar-refractivity contribution in [1.29, 1.82) is 0 Å². The molecule has 0 spiro atoms. The normalized spacial score (nSPS) is 10.8. The van der Waals surface area contributed by atoms with Gasteiger partial charge in [0.05, 0.1) is 22.6 Å². The van der Waals surface area contributed by atoms with Crippen LogP contribution >= 0.6 is 11.6 Å². The summed E-state index contributed by atoms with van der Waals surface area (Å²) in [5.41, 5.74) is 0.824. The van der Waals surface area contributed by atoms with E-state index in [0.29, 0.717) is 10.9 Å². The van der Waals surface area contributed by atoms with Gasteiger partial charge in [0.1, 0.15) is 5.82 Å². The number of aromatic amines is 1. The number of rotatable bonds is 4. The number of halogens is 2. The number of anilines is 1. The average Bonchev–Trinajstić information content (AvgIpc) is 2.95. The summed E-state index contributed by atoms with van der Waals surface area (Å²) in [7, 11) is 0. The Morgan fingerprint density at radius 3 is 2.79 bits per heavy atom. The lowest BCUT2D eigenvalue weighted by molar-refractivity contribution is -0.136. The molecule has 2 aromatic carbocycles. The smallest absolute Gasteiger partial charge is 0.307 e. The fourth-order valence-electron chi connectivity index (χ4n) is 2.30. The molecule has 0 saturated heterocycles. The van der Waals surface area contributed by atoms with E-state index in [-0.39, 0.29) is 22.0 Å². The van der Waals surface area contributed by atoms with Gasteiger partial charge in [0.15, 0.2) is 5.69 Å². The van der Waals surface area contributed by atoms with E-state index in [9.17, 15) is 14.0 Å². The lowest BCUT2D eigenvalue weighted by Crippen LogP contribution is -2.14. The number of amides is 1. The van der Waals surface area contributed by atoms with Crippen LogP contribution in [0.2, 0.25) is 5.02 Å².